The molecule has 1 heterocycles. The summed E-state index contributed by atoms with van der Waals surface area (Å²) in [6.07, 6.45) is 2.20. The second-order valence-corrected chi connectivity index (χ2v) is 6.79. The van der Waals surface area contributed by atoms with Crippen LogP contribution in [0.4, 0.5) is 0 Å². The van der Waals surface area contributed by atoms with E-state index in [9.17, 15) is 8.42 Å². The van der Waals surface area contributed by atoms with Crippen LogP contribution in [-0.4, -0.2) is 56.3 Å². The van der Waals surface area contributed by atoms with Gasteiger partial charge in [0.1, 0.15) is 0 Å². The van der Waals surface area contributed by atoms with Crippen molar-refractivity contribution in [2.45, 2.75) is 38.8 Å². The Labute approximate surface area is 99.0 Å². The van der Waals surface area contributed by atoms with Crippen LogP contribution >= 0.6 is 0 Å². The number of hydrogen-bond acceptors (Lipinski definition) is 3. The number of nitrogens with zero attached hydrogens (tertiary/aromatic N) is 2. The van der Waals surface area contributed by atoms with Gasteiger partial charge in [-0.05, 0) is 33.2 Å². The molecule has 0 radical (unpaired) electrons. The Morgan fingerprint density at radius 1 is 1.38 bits per heavy atom. The first kappa shape index (κ1) is 13.9. The molecule has 1 aliphatic rings. The van der Waals surface area contributed by atoms with Crippen molar-refractivity contribution in [3.05, 3.63) is 0 Å². The summed E-state index contributed by atoms with van der Waals surface area (Å²) in [6, 6.07) is 0.296. The number of rotatable bonds is 5. The summed E-state index contributed by atoms with van der Waals surface area (Å²) in [6.45, 7) is 5.30. The first-order chi connectivity index (χ1) is 7.35. The van der Waals surface area contributed by atoms with E-state index in [0.717, 1.165) is 19.4 Å². The van der Waals surface area contributed by atoms with E-state index >= 15 is 0 Å². The van der Waals surface area contributed by atoms with Gasteiger partial charge in [-0.2, -0.15) is 17.0 Å². The average molecular weight is 249 g/mol. The zero-order chi connectivity index (χ0) is 12.3. The summed E-state index contributed by atoms with van der Waals surface area (Å²) in [7, 11) is -0.0284. The molecule has 0 aliphatic carbocycles. The Morgan fingerprint density at radius 2 is 2.00 bits per heavy atom. The maximum atomic E-state index is 12.1. The van der Waals surface area contributed by atoms with Crippen LogP contribution in [-0.2, 0) is 10.2 Å². The van der Waals surface area contributed by atoms with Crippen LogP contribution in [0.2, 0.25) is 0 Å². The fraction of sp³-hybridized carbons (Fsp3) is 1.00. The maximum Gasteiger partial charge on any atom is 0.281 e. The van der Waals surface area contributed by atoms with Gasteiger partial charge in [-0.1, -0.05) is 0 Å². The van der Waals surface area contributed by atoms with E-state index in [4.69, 9.17) is 0 Å². The fourth-order valence-electron chi connectivity index (χ4n) is 1.80. The molecule has 0 saturated carbocycles. The van der Waals surface area contributed by atoms with Gasteiger partial charge in [0.25, 0.3) is 10.2 Å². The summed E-state index contributed by atoms with van der Waals surface area (Å²) in [5.41, 5.74) is 0. The summed E-state index contributed by atoms with van der Waals surface area (Å²) >= 11 is 0. The van der Waals surface area contributed by atoms with E-state index in [0.29, 0.717) is 12.6 Å². The summed E-state index contributed by atoms with van der Waals surface area (Å²) in [5, 5.41) is 3.30. The molecule has 16 heavy (non-hydrogen) atoms. The van der Waals surface area contributed by atoms with Crippen LogP contribution in [0.1, 0.15) is 26.7 Å². The van der Waals surface area contributed by atoms with Gasteiger partial charge < -0.3 is 5.32 Å². The van der Waals surface area contributed by atoms with E-state index in [1.165, 1.54) is 8.61 Å². The third-order valence-electron chi connectivity index (χ3n) is 3.12. The van der Waals surface area contributed by atoms with Gasteiger partial charge in [0.2, 0.25) is 0 Å². The van der Waals surface area contributed by atoms with Gasteiger partial charge in [0.05, 0.1) is 0 Å². The van der Waals surface area contributed by atoms with Crippen LogP contribution in [0.3, 0.4) is 0 Å². The molecule has 1 N–H and O–H groups in total. The molecule has 1 aliphatic heterocycles. The Morgan fingerprint density at radius 3 is 2.44 bits per heavy atom. The predicted octanol–water partition coefficient (Wildman–Crippen LogP) is 0.255. The molecule has 0 bridgehead atoms. The quantitative estimate of drug-likeness (QED) is 0.760. The maximum absolute atomic E-state index is 12.1. The molecule has 5 nitrogen and oxygen atoms in total. The average Bonchev–Trinajstić information content (AvgIpc) is 2.68. The SMILES string of the molecule is CC(C)N(C)S(=O)(=O)N(C)CC1CCCN1. The van der Waals surface area contributed by atoms with Crippen LogP contribution < -0.4 is 5.32 Å². The largest absolute Gasteiger partial charge is 0.313 e. The predicted molar refractivity (Wildman–Crippen MR) is 65.5 cm³/mol. The first-order valence-electron chi connectivity index (χ1n) is 5.78. The van der Waals surface area contributed by atoms with Gasteiger partial charge in [-0.3, -0.25) is 0 Å². The second kappa shape index (κ2) is 5.44. The van der Waals surface area contributed by atoms with E-state index in [1.807, 2.05) is 13.8 Å². The van der Waals surface area contributed by atoms with Crippen molar-refractivity contribution in [3.8, 4) is 0 Å². The summed E-state index contributed by atoms with van der Waals surface area (Å²) < 4.78 is 27.0. The van der Waals surface area contributed by atoms with E-state index in [1.54, 1.807) is 14.1 Å². The lowest BCUT2D eigenvalue weighted by atomic mass is 10.2. The highest BCUT2D eigenvalue weighted by Crippen LogP contribution is 2.12. The number of nitrogens with one attached hydrogen (secondary N) is 1. The number of hydrogen-bond donors (Lipinski definition) is 1. The van der Waals surface area contributed by atoms with Crippen molar-refractivity contribution in [2.75, 3.05) is 27.2 Å². The Kier molecular flexibility index (Phi) is 4.73. The molecule has 1 fully saturated rings. The van der Waals surface area contributed by atoms with Gasteiger partial charge in [-0.15, -0.1) is 0 Å². The molecule has 1 unspecified atom stereocenters. The fourth-order valence-corrected chi connectivity index (χ4v) is 3.14. The van der Waals surface area contributed by atoms with Gasteiger partial charge in [0, 0.05) is 32.7 Å². The molecule has 1 saturated heterocycles. The first-order valence-corrected chi connectivity index (χ1v) is 7.18. The van der Waals surface area contributed by atoms with Crippen molar-refractivity contribution in [3.63, 3.8) is 0 Å². The standard InChI is InChI=1S/C10H23N3O2S/c1-9(2)13(4)16(14,15)12(3)8-10-6-5-7-11-10/h9-11H,5-8H2,1-4H3. The van der Waals surface area contributed by atoms with Crippen molar-refractivity contribution in [1.82, 2.24) is 13.9 Å². The Hall–Kier alpha value is -0.170. The third kappa shape index (κ3) is 3.16. The lowest BCUT2D eigenvalue weighted by Crippen LogP contribution is -2.46. The molecule has 0 aromatic carbocycles. The van der Waals surface area contributed by atoms with Crippen molar-refractivity contribution >= 4 is 10.2 Å². The molecular formula is C10H23N3O2S. The molecule has 1 atom stereocenters. The zero-order valence-electron chi connectivity index (χ0n) is 10.6. The minimum atomic E-state index is -3.30. The molecule has 0 spiro atoms. The minimum Gasteiger partial charge on any atom is -0.313 e. The normalized spacial score (nSPS) is 22.6. The van der Waals surface area contributed by atoms with Gasteiger partial charge in [-0.25, -0.2) is 0 Å². The van der Waals surface area contributed by atoms with Crippen LogP contribution in [0.15, 0.2) is 0 Å². The smallest absolute Gasteiger partial charge is 0.281 e. The van der Waals surface area contributed by atoms with Gasteiger partial charge in [0.15, 0.2) is 0 Å². The molecule has 0 aromatic rings. The molecule has 0 amide bonds. The van der Waals surface area contributed by atoms with Gasteiger partial charge >= 0.3 is 0 Å². The van der Waals surface area contributed by atoms with Crippen LogP contribution in [0.25, 0.3) is 0 Å². The number of likely N-dealkylation sites (N-methyl/N-ethyl adjacent to an activating group) is 1. The summed E-state index contributed by atoms with van der Waals surface area (Å²) in [5.74, 6) is 0. The monoisotopic (exact) mass is 249 g/mol. The second-order valence-electron chi connectivity index (χ2n) is 4.69. The van der Waals surface area contributed by atoms with Crippen LogP contribution in [0.5, 0.6) is 0 Å². The van der Waals surface area contributed by atoms with E-state index < -0.39 is 10.2 Å². The molecule has 96 valence electrons. The lowest BCUT2D eigenvalue weighted by Gasteiger charge is -2.28. The Bertz CT molecular complexity index is 310. The summed E-state index contributed by atoms with van der Waals surface area (Å²) in [4.78, 5) is 0. The topological polar surface area (TPSA) is 52.7 Å². The van der Waals surface area contributed by atoms with E-state index in [-0.39, 0.29) is 6.04 Å². The lowest BCUT2D eigenvalue weighted by molar-refractivity contribution is 0.343. The zero-order valence-corrected chi connectivity index (χ0v) is 11.4. The van der Waals surface area contributed by atoms with Crippen molar-refractivity contribution in [1.29, 1.82) is 0 Å². The molecular weight excluding hydrogens is 226 g/mol. The van der Waals surface area contributed by atoms with Crippen molar-refractivity contribution in [2.24, 2.45) is 0 Å². The minimum absolute atomic E-state index is 0.0102. The molecule has 6 heteroatoms. The van der Waals surface area contributed by atoms with E-state index in [2.05, 4.69) is 5.32 Å². The Balaban J connectivity index is 2.60. The van der Waals surface area contributed by atoms with Crippen LogP contribution in [0, 0.1) is 0 Å². The highest BCUT2D eigenvalue weighted by Gasteiger charge is 2.28. The molecule has 0 aromatic heterocycles. The highest BCUT2D eigenvalue weighted by molar-refractivity contribution is 7.86. The molecule has 1 rings (SSSR count). The highest BCUT2D eigenvalue weighted by atomic mass is 32.2. The third-order valence-corrected chi connectivity index (χ3v) is 5.21. The van der Waals surface area contributed by atoms with Crippen molar-refractivity contribution < 1.29 is 8.42 Å².